The summed E-state index contributed by atoms with van der Waals surface area (Å²) in [4.78, 5) is 33.3. The first-order valence-electron chi connectivity index (χ1n) is 27.5. The number of alkyl halides is 1. The predicted octanol–water partition coefficient (Wildman–Crippen LogP) is 4.97. The van der Waals surface area contributed by atoms with Crippen LogP contribution in [0.4, 0.5) is 4.39 Å². The van der Waals surface area contributed by atoms with Crippen molar-refractivity contribution in [1.29, 1.82) is 0 Å². The summed E-state index contributed by atoms with van der Waals surface area (Å²) in [5.74, 6) is -4.79. The van der Waals surface area contributed by atoms with Gasteiger partial charge in [-0.1, -0.05) is 64.1 Å². The maximum absolute atomic E-state index is 14.7. The summed E-state index contributed by atoms with van der Waals surface area (Å²) in [6, 6.07) is 6.31. The van der Waals surface area contributed by atoms with Crippen molar-refractivity contribution in [1.82, 2.24) is 24.8 Å². The Morgan fingerprint density at radius 3 is 2.23 bits per heavy atom. The Bertz CT molecular complexity index is 2150. The number of aliphatic hydroxyl groups excluding tert-OH is 4. The SMILES string of the molecule is CC[C@H]1OC(=O)[C@H](C)[C@@H](C2C[C@@](C)(OC)[C@@H](O)[C@H](C)O2)[C@H](C)[C@@H](O[C@@H]2O[C@H](C)C[C@H](N(C)CCc3cn([C@H](CF)[C@H](O)c4ccc(C5CCCN(C)C5)cc4)nn3)[C@H]2O)[C@](C)(OC)C[C@@H](C)C(=O)[C@H](C)[C@@H](O)[C@]1(C)O. The number of benzene rings is 1. The van der Waals surface area contributed by atoms with Crippen molar-refractivity contribution in [2.24, 2.45) is 29.6 Å². The number of aliphatic hydroxyl groups is 5. The van der Waals surface area contributed by atoms with Crippen molar-refractivity contribution in [3.63, 3.8) is 0 Å². The lowest BCUT2D eigenvalue weighted by Crippen LogP contribution is -2.62. The monoisotopic (exact) mass is 1060 g/mol. The third-order valence-corrected chi connectivity index (χ3v) is 18.0. The third kappa shape index (κ3) is 13.4. The summed E-state index contributed by atoms with van der Waals surface area (Å²) in [5.41, 5.74) is -2.02. The number of esters is 1. The largest absolute Gasteiger partial charge is 0.459 e. The number of cyclic esters (lactones) is 1. The van der Waals surface area contributed by atoms with Gasteiger partial charge >= 0.3 is 5.97 Å². The van der Waals surface area contributed by atoms with Crippen molar-refractivity contribution in [3.05, 3.63) is 47.3 Å². The number of ether oxygens (including phenoxy) is 6. The Hall–Kier alpha value is -3.05. The van der Waals surface area contributed by atoms with Gasteiger partial charge in [0.1, 0.15) is 48.5 Å². The third-order valence-electron chi connectivity index (χ3n) is 18.0. The Kier molecular flexibility index (Phi) is 20.7. The van der Waals surface area contributed by atoms with Crippen LogP contribution in [-0.4, -0.2) is 195 Å². The van der Waals surface area contributed by atoms with E-state index < -0.39 is 132 Å². The second-order valence-electron chi connectivity index (χ2n) is 23.6. The van der Waals surface area contributed by atoms with Gasteiger partial charge in [0.25, 0.3) is 0 Å². The minimum Gasteiger partial charge on any atom is -0.459 e. The molecule has 75 heavy (non-hydrogen) atoms. The van der Waals surface area contributed by atoms with E-state index in [0.717, 1.165) is 25.9 Å². The van der Waals surface area contributed by atoms with Crippen LogP contribution in [0, 0.1) is 29.6 Å². The Labute approximate surface area is 444 Å². The number of hydrogen-bond acceptors (Lipinski definition) is 17. The molecule has 2 unspecified atom stereocenters. The lowest BCUT2D eigenvalue weighted by atomic mass is 9.67. The highest BCUT2D eigenvalue weighted by atomic mass is 19.1. The normalized spacial score (nSPS) is 41.0. The smallest absolute Gasteiger partial charge is 0.309 e. The molecule has 4 fully saturated rings. The van der Waals surface area contributed by atoms with Gasteiger partial charge in [-0.05, 0) is 110 Å². The zero-order valence-electron chi connectivity index (χ0n) is 47.2. The molecule has 426 valence electrons. The Balaban J connectivity index is 1.26. The first kappa shape index (κ1) is 61.2. The van der Waals surface area contributed by atoms with Gasteiger partial charge in [0.05, 0.1) is 53.3 Å². The highest BCUT2D eigenvalue weighted by Crippen LogP contribution is 2.46. The van der Waals surface area contributed by atoms with E-state index in [2.05, 4.69) is 22.3 Å². The molecule has 0 bridgehead atoms. The van der Waals surface area contributed by atoms with Crippen LogP contribution in [0.2, 0.25) is 0 Å². The first-order valence-corrected chi connectivity index (χ1v) is 27.5. The van der Waals surface area contributed by atoms with Crippen LogP contribution >= 0.6 is 0 Å². The molecule has 0 saturated carbocycles. The molecular formula is C56H92FN5O13. The standard InChI is InChI=1S/C56H92FN5O13/c1-15-44-56(10,69)49(66)35(6)46(63)31(2)26-55(9,71-14)51(33(4)45(34(5)52(68)74-44)43-27-54(8,70-13)50(67)36(7)73-43)75-53-48(65)41(25-32(3)72-53)61(12)24-22-40-30-62(59-58-40)42(28-57)47(64)38-20-18-37(19-21-38)39-17-16-23-60(11)29-39/h18-21,30-36,39,41-45,47-51,53,64-67,69H,15-17,22-29H2,1-14H3/t31-,32-,33+,34-,35+,36+,39?,41+,42-,43?,44-,45+,47-,48-,49-,50+,51-,53+,54-,55-,56-/m1/s1. The number of likely N-dealkylation sites (tertiary alicyclic amines) is 1. The molecule has 4 aliphatic rings. The summed E-state index contributed by atoms with van der Waals surface area (Å²) in [5, 5.41) is 67.2. The van der Waals surface area contributed by atoms with E-state index in [1.165, 1.54) is 31.4 Å². The molecule has 4 aliphatic heterocycles. The zero-order valence-corrected chi connectivity index (χ0v) is 47.2. The van der Waals surface area contributed by atoms with Crippen LogP contribution in [0.25, 0.3) is 0 Å². The van der Waals surface area contributed by atoms with Gasteiger partial charge in [-0.3, -0.25) is 9.59 Å². The fraction of sp³-hybridized carbons (Fsp3) is 0.821. The predicted molar refractivity (Wildman–Crippen MR) is 278 cm³/mol. The lowest BCUT2D eigenvalue weighted by molar-refractivity contribution is -0.305. The van der Waals surface area contributed by atoms with E-state index >= 15 is 0 Å². The van der Waals surface area contributed by atoms with E-state index in [9.17, 15) is 39.5 Å². The van der Waals surface area contributed by atoms with Crippen LogP contribution in [0.1, 0.15) is 143 Å². The van der Waals surface area contributed by atoms with Crippen molar-refractivity contribution in [2.45, 2.75) is 210 Å². The average molecular weight is 1060 g/mol. The van der Waals surface area contributed by atoms with Crippen LogP contribution in [0.5, 0.6) is 0 Å². The van der Waals surface area contributed by atoms with Gasteiger partial charge < -0.3 is 63.8 Å². The maximum Gasteiger partial charge on any atom is 0.309 e. The average Bonchev–Trinajstić information content (AvgIpc) is 3.86. The molecule has 4 saturated heterocycles. The summed E-state index contributed by atoms with van der Waals surface area (Å²) in [6.45, 7) is 18.9. The second kappa shape index (κ2) is 25.4. The number of carbonyl (C=O) groups excluding carboxylic acids is 2. The van der Waals surface area contributed by atoms with E-state index in [4.69, 9.17) is 28.4 Å². The first-order chi connectivity index (χ1) is 35.2. The molecule has 1 aromatic carbocycles. The molecule has 0 amide bonds. The van der Waals surface area contributed by atoms with Crippen LogP contribution in [-0.2, 0) is 44.4 Å². The van der Waals surface area contributed by atoms with Crippen molar-refractivity contribution in [3.8, 4) is 0 Å². The molecule has 19 heteroatoms. The fourth-order valence-corrected chi connectivity index (χ4v) is 13.0. The zero-order chi connectivity index (χ0) is 55.5. The van der Waals surface area contributed by atoms with E-state index in [1.54, 1.807) is 47.7 Å². The van der Waals surface area contributed by atoms with Gasteiger partial charge in [0.2, 0.25) is 0 Å². The summed E-state index contributed by atoms with van der Waals surface area (Å²) in [7, 11) is 7.04. The molecule has 18 nitrogen and oxygen atoms in total. The summed E-state index contributed by atoms with van der Waals surface area (Å²) in [6.07, 6.45) is -5.18. The number of nitrogens with zero attached hydrogens (tertiary/aromatic N) is 5. The summed E-state index contributed by atoms with van der Waals surface area (Å²) >= 11 is 0. The highest BCUT2D eigenvalue weighted by molar-refractivity contribution is 5.83. The molecule has 0 radical (unpaired) electrons. The topological polar surface area (TPSA) is 228 Å². The van der Waals surface area contributed by atoms with E-state index in [0.29, 0.717) is 36.6 Å². The number of aromatic nitrogens is 3. The molecule has 21 atom stereocenters. The number of ketones is 1. The second-order valence-corrected chi connectivity index (χ2v) is 23.6. The minimum atomic E-state index is -2.00. The molecule has 6 rings (SSSR count). The molecule has 0 aliphatic carbocycles. The van der Waals surface area contributed by atoms with Gasteiger partial charge in [-0.2, -0.15) is 0 Å². The number of halogens is 1. The molecule has 5 heterocycles. The lowest BCUT2D eigenvalue weighted by Gasteiger charge is -2.52. The van der Waals surface area contributed by atoms with Crippen molar-refractivity contribution in [2.75, 3.05) is 54.6 Å². The number of methoxy groups -OCH3 is 2. The molecule has 5 N–H and O–H groups in total. The van der Waals surface area contributed by atoms with Crippen LogP contribution in [0.3, 0.4) is 0 Å². The highest BCUT2D eigenvalue weighted by Gasteiger charge is 2.56. The van der Waals surface area contributed by atoms with Crippen molar-refractivity contribution < 1.29 is 67.9 Å². The molecule has 0 spiro atoms. The van der Waals surface area contributed by atoms with Gasteiger partial charge in [-0.25, -0.2) is 9.07 Å². The maximum atomic E-state index is 14.7. The van der Waals surface area contributed by atoms with Crippen LogP contribution < -0.4 is 0 Å². The number of Topliss-reactive ketones (excluding diaryl/α,β-unsaturated/α-hetero) is 1. The molecular weight excluding hydrogens is 970 g/mol. The number of likely N-dealkylation sites (N-methyl/N-ethyl adjacent to an activating group) is 2. The molecule has 1 aromatic heterocycles. The van der Waals surface area contributed by atoms with Crippen LogP contribution in [0.15, 0.2) is 30.5 Å². The number of piperidine rings is 1. The van der Waals surface area contributed by atoms with Gasteiger partial charge in [0.15, 0.2) is 6.29 Å². The minimum absolute atomic E-state index is 0.0725. The number of hydrogen-bond donors (Lipinski definition) is 5. The number of rotatable bonds is 15. The summed E-state index contributed by atoms with van der Waals surface area (Å²) < 4.78 is 54.8. The van der Waals surface area contributed by atoms with E-state index in [-0.39, 0.29) is 25.0 Å². The fourth-order valence-electron chi connectivity index (χ4n) is 13.0. The number of carbonyl (C=O) groups is 2. The van der Waals surface area contributed by atoms with Gasteiger partial charge in [-0.15, -0.1) is 5.10 Å². The van der Waals surface area contributed by atoms with Crippen molar-refractivity contribution >= 4 is 11.8 Å². The molecule has 2 aromatic rings. The quantitative estimate of drug-likeness (QED) is 0.148. The van der Waals surface area contributed by atoms with Gasteiger partial charge in [0, 0.05) is 70.1 Å². The Morgan fingerprint density at radius 1 is 0.947 bits per heavy atom. The van der Waals surface area contributed by atoms with E-state index in [1.807, 2.05) is 57.0 Å². The Morgan fingerprint density at radius 2 is 1.61 bits per heavy atom.